The molecule has 0 aromatic rings. The van der Waals surface area contributed by atoms with E-state index >= 15 is 0 Å². The molecule has 3 fully saturated rings. The van der Waals surface area contributed by atoms with Crippen LogP contribution in [0.15, 0.2) is 0 Å². The number of nitrogens with two attached hydrogens (primary N) is 1. The van der Waals surface area contributed by atoms with Crippen LogP contribution in [0.2, 0.25) is 0 Å². The Morgan fingerprint density at radius 1 is 1.53 bits per heavy atom. The predicted octanol–water partition coefficient (Wildman–Crippen LogP) is 1.20. The minimum Gasteiger partial charge on any atom is -0.444 e. The molecule has 2 bridgehead atoms. The number of hydrogen-bond donors (Lipinski definition) is 1. The SMILES string of the molecule is CC(C)(C)OC(=O)N1C[C@H]2C[C@@H]1[C@@H]2CN. The van der Waals surface area contributed by atoms with Gasteiger partial charge in [0.2, 0.25) is 0 Å². The van der Waals surface area contributed by atoms with Crippen LogP contribution in [0.3, 0.4) is 0 Å². The lowest BCUT2D eigenvalue weighted by atomic mass is 9.74. The van der Waals surface area contributed by atoms with Crippen LogP contribution in [0.4, 0.5) is 4.79 Å². The fourth-order valence-corrected chi connectivity index (χ4v) is 2.61. The van der Waals surface area contributed by atoms with E-state index in [4.69, 9.17) is 10.5 Å². The number of ether oxygens (including phenoxy) is 1. The lowest BCUT2D eigenvalue weighted by Gasteiger charge is -2.35. The van der Waals surface area contributed by atoms with Crippen LogP contribution >= 0.6 is 0 Å². The molecule has 1 aliphatic carbocycles. The van der Waals surface area contributed by atoms with Crippen LogP contribution in [0.5, 0.6) is 0 Å². The third kappa shape index (κ3) is 1.83. The summed E-state index contributed by atoms with van der Waals surface area (Å²) >= 11 is 0. The Kier molecular flexibility index (Phi) is 2.41. The highest BCUT2D eigenvalue weighted by Crippen LogP contribution is 2.46. The molecule has 3 rings (SSSR count). The lowest BCUT2D eigenvalue weighted by molar-refractivity contribution is 0.0207. The van der Waals surface area contributed by atoms with Crippen molar-refractivity contribution < 1.29 is 9.53 Å². The highest BCUT2D eigenvalue weighted by Gasteiger charge is 2.53. The molecule has 1 saturated carbocycles. The number of fused-ring (bicyclic) bond motifs is 1. The maximum Gasteiger partial charge on any atom is 0.410 e. The summed E-state index contributed by atoms with van der Waals surface area (Å²) in [7, 11) is 0. The van der Waals surface area contributed by atoms with Crippen molar-refractivity contribution in [1.82, 2.24) is 4.90 Å². The molecule has 0 unspecified atom stereocenters. The number of amides is 1. The number of rotatable bonds is 1. The molecule has 4 nitrogen and oxygen atoms in total. The van der Waals surface area contributed by atoms with E-state index in [1.54, 1.807) is 0 Å². The Balaban J connectivity index is 1.94. The number of carbonyl (C=O) groups is 1. The van der Waals surface area contributed by atoms with Crippen LogP contribution in [0, 0.1) is 11.8 Å². The average molecular weight is 212 g/mol. The van der Waals surface area contributed by atoms with Gasteiger partial charge >= 0.3 is 6.09 Å². The van der Waals surface area contributed by atoms with E-state index in [2.05, 4.69) is 0 Å². The molecule has 2 aliphatic heterocycles. The largest absolute Gasteiger partial charge is 0.444 e. The van der Waals surface area contributed by atoms with Crippen molar-refractivity contribution in [3.63, 3.8) is 0 Å². The van der Waals surface area contributed by atoms with E-state index in [9.17, 15) is 4.79 Å². The van der Waals surface area contributed by atoms with E-state index in [0.29, 0.717) is 24.4 Å². The summed E-state index contributed by atoms with van der Waals surface area (Å²) in [5.74, 6) is 1.13. The highest BCUT2D eigenvalue weighted by atomic mass is 16.6. The minimum absolute atomic E-state index is 0.175. The summed E-state index contributed by atoms with van der Waals surface area (Å²) in [6.45, 7) is 7.21. The van der Waals surface area contributed by atoms with Gasteiger partial charge in [-0.3, -0.25) is 0 Å². The van der Waals surface area contributed by atoms with Crippen molar-refractivity contribution >= 4 is 6.09 Å². The zero-order valence-electron chi connectivity index (χ0n) is 9.69. The van der Waals surface area contributed by atoms with Gasteiger partial charge in [0.25, 0.3) is 0 Å². The van der Waals surface area contributed by atoms with Gasteiger partial charge in [-0.25, -0.2) is 4.79 Å². The Hall–Kier alpha value is -0.770. The Morgan fingerprint density at radius 3 is 2.67 bits per heavy atom. The van der Waals surface area contributed by atoms with E-state index in [0.717, 1.165) is 13.0 Å². The fourth-order valence-electron chi connectivity index (χ4n) is 2.61. The van der Waals surface area contributed by atoms with Crippen LogP contribution in [-0.2, 0) is 4.74 Å². The third-order valence-corrected chi connectivity index (χ3v) is 3.38. The van der Waals surface area contributed by atoms with Crippen molar-refractivity contribution in [1.29, 1.82) is 0 Å². The molecule has 2 N–H and O–H groups in total. The second kappa shape index (κ2) is 3.37. The molecule has 0 aromatic carbocycles. The van der Waals surface area contributed by atoms with E-state index < -0.39 is 5.60 Å². The summed E-state index contributed by atoms with van der Waals surface area (Å²) in [5, 5.41) is 0. The summed E-state index contributed by atoms with van der Waals surface area (Å²) < 4.78 is 5.36. The molecule has 3 atom stereocenters. The van der Waals surface area contributed by atoms with Crippen molar-refractivity contribution in [2.45, 2.75) is 38.8 Å². The van der Waals surface area contributed by atoms with Gasteiger partial charge in [-0.2, -0.15) is 0 Å². The first kappa shape index (κ1) is 10.7. The van der Waals surface area contributed by atoms with E-state index in [1.807, 2.05) is 25.7 Å². The molecule has 2 heterocycles. The summed E-state index contributed by atoms with van der Waals surface area (Å²) in [4.78, 5) is 13.7. The average Bonchev–Trinajstić information content (AvgIpc) is 2.56. The Bertz CT molecular complexity index is 272. The van der Waals surface area contributed by atoms with Crippen molar-refractivity contribution in [2.24, 2.45) is 17.6 Å². The molecular formula is C11H20N2O2. The maximum absolute atomic E-state index is 11.8. The predicted molar refractivity (Wildman–Crippen MR) is 57.4 cm³/mol. The molecule has 0 radical (unpaired) electrons. The first-order valence-electron chi connectivity index (χ1n) is 5.62. The quantitative estimate of drug-likeness (QED) is 0.710. The third-order valence-electron chi connectivity index (χ3n) is 3.38. The summed E-state index contributed by atoms with van der Waals surface area (Å²) in [5.41, 5.74) is 5.26. The Morgan fingerprint density at radius 2 is 2.20 bits per heavy atom. The first-order valence-corrected chi connectivity index (χ1v) is 5.62. The van der Waals surface area contributed by atoms with Gasteiger partial charge < -0.3 is 15.4 Å². The van der Waals surface area contributed by atoms with Crippen molar-refractivity contribution in [2.75, 3.05) is 13.1 Å². The standard InChI is InChI=1S/C11H20N2O2/c1-11(2,3)15-10(14)13-6-7-4-9(13)8(7)5-12/h7-9H,4-6,12H2,1-3H3/t7-,8-,9-/m1/s1. The van der Waals surface area contributed by atoms with Crippen LogP contribution in [0.1, 0.15) is 27.2 Å². The summed E-state index contributed by atoms with van der Waals surface area (Å²) in [6.07, 6.45) is 0.937. The molecular weight excluding hydrogens is 192 g/mol. The van der Waals surface area contributed by atoms with E-state index in [1.165, 1.54) is 0 Å². The zero-order valence-corrected chi connectivity index (χ0v) is 9.69. The zero-order chi connectivity index (χ0) is 11.2. The molecule has 0 aromatic heterocycles. The molecule has 4 heteroatoms. The Labute approximate surface area is 90.8 Å². The van der Waals surface area contributed by atoms with Gasteiger partial charge in [-0.05, 0) is 45.6 Å². The molecule has 15 heavy (non-hydrogen) atoms. The van der Waals surface area contributed by atoms with Gasteiger partial charge in [0, 0.05) is 12.6 Å². The molecule has 3 aliphatic rings. The van der Waals surface area contributed by atoms with Gasteiger partial charge in [-0.1, -0.05) is 0 Å². The first-order chi connectivity index (χ1) is 6.92. The second-order valence-corrected chi connectivity index (χ2v) is 5.60. The van der Waals surface area contributed by atoms with Gasteiger partial charge in [0.1, 0.15) is 5.60 Å². The maximum atomic E-state index is 11.8. The number of carbonyl (C=O) groups excluding carboxylic acids is 1. The van der Waals surface area contributed by atoms with Crippen molar-refractivity contribution in [3.05, 3.63) is 0 Å². The van der Waals surface area contributed by atoms with Crippen LogP contribution in [-0.4, -0.2) is 35.7 Å². The monoisotopic (exact) mass is 212 g/mol. The molecule has 86 valence electrons. The van der Waals surface area contributed by atoms with Gasteiger partial charge in [0.15, 0.2) is 0 Å². The normalized spacial score (nSPS) is 33.9. The molecule has 0 spiro atoms. The molecule has 1 amide bonds. The second-order valence-electron chi connectivity index (χ2n) is 5.60. The molecule has 2 saturated heterocycles. The van der Waals surface area contributed by atoms with E-state index in [-0.39, 0.29) is 6.09 Å². The van der Waals surface area contributed by atoms with Gasteiger partial charge in [-0.15, -0.1) is 0 Å². The van der Waals surface area contributed by atoms with Crippen molar-refractivity contribution in [3.8, 4) is 0 Å². The minimum atomic E-state index is -0.401. The fraction of sp³-hybridized carbons (Fsp3) is 0.909. The number of nitrogens with zero attached hydrogens (tertiary/aromatic N) is 1. The van der Waals surface area contributed by atoms with Gasteiger partial charge in [0.05, 0.1) is 0 Å². The van der Waals surface area contributed by atoms with Crippen LogP contribution in [0.25, 0.3) is 0 Å². The lowest BCUT2D eigenvalue weighted by Crippen LogP contribution is -2.45. The topological polar surface area (TPSA) is 55.6 Å². The highest BCUT2D eigenvalue weighted by molar-refractivity contribution is 5.69. The smallest absolute Gasteiger partial charge is 0.410 e. The number of hydrogen-bond acceptors (Lipinski definition) is 3. The van der Waals surface area contributed by atoms with Crippen LogP contribution < -0.4 is 5.73 Å². The summed E-state index contributed by atoms with van der Waals surface area (Å²) in [6, 6.07) is 0.342.